The van der Waals surface area contributed by atoms with Crippen LogP contribution in [0.2, 0.25) is 0 Å². The van der Waals surface area contributed by atoms with E-state index in [4.69, 9.17) is 0 Å². The van der Waals surface area contributed by atoms with Gasteiger partial charge in [0.1, 0.15) is 0 Å². The smallest absolute Gasteiger partial charge is 0.0111 e. The van der Waals surface area contributed by atoms with Crippen molar-refractivity contribution >= 4 is 0 Å². The maximum Gasteiger partial charge on any atom is 0.0111 e. The molecule has 2 bridgehead atoms. The van der Waals surface area contributed by atoms with E-state index in [1.54, 1.807) is 0 Å². The SMILES string of the molecule is CN(CC1CC2CCC1N2)C1CCCCC1. The number of rotatable bonds is 3. The molecule has 0 amide bonds. The molecule has 2 saturated heterocycles. The molecule has 2 heterocycles. The zero-order chi connectivity index (χ0) is 11.0. The second kappa shape index (κ2) is 4.66. The maximum absolute atomic E-state index is 3.76. The summed E-state index contributed by atoms with van der Waals surface area (Å²) < 4.78 is 0. The number of hydrogen-bond donors (Lipinski definition) is 1. The van der Waals surface area contributed by atoms with Crippen molar-refractivity contribution < 1.29 is 0 Å². The molecule has 2 heteroatoms. The van der Waals surface area contributed by atoms with Gasteiger partial charge in [0, 0.05) is 24.7 Å². The van der Waals surface area contributed by atoms with Crippen LogP contribution in [0.3, 0.4) is 0 Å². The molecule has 3 atom stereocenters. The van der Waals surface area contributed by atoms with Gasteiger partial charge in [0.25, 0.3) is 0 Å². The summed E-state index contributed by atoms with van der Waals surface area (Å²) in [6, 6.07) is 2.62. The zero-order valence-electron chi connectivity index (χ0n) is 10.6. The Labute approximate surface area is 99.8 Å². The van der Waals surface area contributed by atoms with Gasteiger partial charge in [-0.1, -0.05) is 19.3 Å². The van der Waals surface area contributed by atoms with E-state index in [0.717, 1.165) is 24.0 Å². The van der Waals surface area contributed by atoms with Gasteiger partial charge in [-0.2, -0.15) is 0 Å². The molecule has 2 nitrogen and oxygen atoms in total. The van der Waals surface area contributed by atoms with Crippen LogP contribution in [0.1, 0.15) is 51.4 Å². The number of nitrogens with one attached hydrogen (secondary N) is 1. The van der Waals surface area contributed by atoms with Crippen molar-refractivity contribution in [3.05, 3.63) is 0 Å². The summed E-state index contributed by atoms with van der Waals surface area (Å²) >= 11 is 0. The van der Waals surface area contributed by atoms with Crippen LogP contribution in [0.4, 0.5) is 0 Å². The summed E-state index contributed by atoms with van der Waals surface area (Å²) in [5, 5.41) is 3.76. The van der Waals surface area contributed by atoms with Gasteiger partial charge in [-0.15, -0.1) is 0 Å². The van der Waals surface area contributed by atoms with Gasteiger partial charge >= 0.3 is 0 Å². The monoisotopic (exact) mass is 222 g/mol. The minimum absolute atomic E-state index is 0.857. The highest BCUT2D eigenvalue weighted by Crippen LogP contribution is 2.34. The third-order valence-electron chi connectivity index (χ3n) is 5.15. The van der Waals surface area contributed by atoms with E-state index >= 15 is 0 Å². The lowest BCUT2D eigenvalue weighted by atomic mass is 9.87. The zero-order valence-corrected chi connectivity index (χ0v) is 10.6. The highest BCUT2D eigenvalue weighted by Gasteiger charge is 2.39. The Balaban J connectivity index is 1.50. The van der Waals surface area contributed by atoms with Gasteiger partial charge in [0.05, 0.1) is 0 Å². The Hall–Kier alpha value is -0.0800. The lowest BCUT2D eigenvalue weighted by Gasteiger charge is -2.34. The molecule has 1 saturated carbocycles. The second-order valence-corrected chi connectivity index (χ2v) is 6.27. The first-order valence-electron chi connectivity index (χ1n) is 7.29. The van der Waals surface area contributed by atoms with E-state index in [-0.39, 0.29) is 0 Å². The van der Waals surface area contributed by atoms with Crippen molar-refractivity contribution in [1.29, 1.82) is 0 Å². The minimum Gasteiger partial charge on any atom is -0.311 e. The predicted molar refractivity (Wildman–Crippen MR) is 67.6 cm³/mol. The maximum atomic E-state index is 3.76. The Morgan fingerprint density at radius 3 is 2.50 bits per heavy atom. The molecular weight excluding hydrogens is 196 g/mol. The van der Waals surface area contributed by atoms with Crippen molar-refractivity contribution in [1.82, 2.24) is 10.2 Å². The summed E-state index contributed by atoms with van der Waals surface area (Å²) in [4.78, 5) is 2.67. The van der Waals surface area contributed by atoms with Crippen LogP contribution in [0.5, 0.6) is 0 Å². The molecule has 0 radical (unpaired) electrons. The van der Waals surface area contributed by atoms with Gasteiger partial charge in [0.15, 0.2) is 0 Å². The third kappa shape index (κ3) is 2.14. The third-order valence-corrected chi connectivity index (χ3v) is 5.15. The lowest BCUT2D eigenvalue weighted by Crippen LogP contribution is -2.39. The van der Waals surface area contributed by atoms with Gasteiger partial charge in [-0.25, -0.2) is 0 Å². The molecule has 1 N–H and O–H groups in total. The van der Waals surface area contributed by atoms with E-state index in [2.05, 4.69) is 17.3 Å². The molecule has 16 heavy (non-hydrogen) atoms. The number of hydrogen-bond acceptors (Lipinski definition) is 2. The molecule has 0 aromatic carbocycles. The fraction of sp³-hybridized carbons (Fsp3) is 1.00. The first kappa shape index (κ1) is 11.0. The van der Waals surface area contributed by atoms with Crippen LogP contribution in [0.25, 0.3) is 0 Å². The lowest BCUT2D eigenvalue weighted by molar-refractivity contribution is 0.156. The summed E-state index contributed by atoms with van der Waals surface area (Å²) in [5.41, 5.74) is 0. The Morgan fingerprint density at radius 1 is 1.06 bits per heavy atom. The molecule has 3 fully saturated rings. The molecule has 0 spiro atoms. The van der Waals surface area contributed by atoms with Crippen LogP contribution in [0.15, 0.2) is 0 Å². The first-order chi connectivity index (χ1) is 7.83. The molecule has 3 unspecified atom stereocenters. The molecule has 2 aliphatic heterocycles. The largest absolute Gasteiger partial charge is 0.311 e. The second-order valence-electron chi connectivity index (χ2n) is 6.27. The van der Waals surface area contributed by atoms with Crippen LogP contribution >= 0.6 is 0 Å². The van der Waals surface area contributed by atoms with E-state index in [9.17, 15) is 0 Å². The molecule has 3 aliphatic rings. The number of fused-ring (bicyclic) bond motifs is 2. The van der Waals surface area contributed by atoms with Crippen LogP contribution < -0.4 is 5.32 Å². The summed E-state index contributed by atoms with van der Waals surface area (Å²) in [5.74, 6) is 0.950. The standard InChI is InChI=1S/C14H26N2/c1-16(13-5-3-2-4-6-13)10-11-9-12-7-8-14(11)15-12/h11-15H,2-10H2,1H3. The highest BCUT2D eigenvalue weighted by atomic mass is 15.1. The molecule has 0 aromatic heterocycles. The first-order valence-corrected chi connectivity index (χ1v) is 7.29. The quantitative estimate of drug-likeness (QED) is 0.789. The summed E-state index contributed by atoms with van der Waals surface area (Å²) in [7, 11) is 2.36. The topological polar surface area (TPSA) is 15.3 Å². The summed E-state index contributed by atoms with van der Waals surface area (Å²) in [6.07, 6.45) is 11.6. The molecular formula is C14H26N2. The van der Waals surface area contributed by atoms with E-state index < -0.39 is 0 Å². The Morgan fingerprint density at radius 2 is 1.88 bits per heavy atom. The molecule has 0 aromatic rings. The van der Waals surface area contributed by atoms with Crippen LogP contribution in [-0.2, 0) is 0 Å². The van der Waals surface area contributed by atoms with Crippen LogP contribution in [-0.4, -0.2) is 36.6 Å². The minimum atomic E-state index is 0.857. The van der Waals surface area contributed by atoms with Crippen molar-refractivity contribution in [3.8, 4) is 0 Å². The van der Waals surface area contributed by atoms with Gasteiger partial charge < -0.3 is 10.2 Å². The highest BCUT2D eigenvalue weighted by molar-refractivity contribution is 4.98. The van der Waals surface area contributed by atoms with Crippen molar-refractivity contribution in [2.75, 3.05) is 13.6 Å². The fourth-order valence-electron chi connectivity index (χ4n) is 4.18. The molecule has 3 rings (SSSR count). The van der Waals surface area contributed by atoms with Crippen molar-refractivity contribution in [2.24, 2.45) is 5.92 Å². The average molecular weight is 222 g/mol. The molecule has 1 aliphatic carbocycles. The fourth-order valence-corrected chi connectivity index (χ4v) is 4.18. The van der Waals surface area contributed by atoms with E-state index in [1.807, 2.05) is 0 Å². The van der Waals surface area contributed by atoms with Crippen molar-refractivity contribution in [3.63, 3.8) is 0 Å². The van der Waals surface area contributed by atoms with Gasteiger partial charge in [-0.05, 0) is 45.1 Å². The van der Waals surface area contributed by atoms with Gasteiger partial charge in [-0.3, -0.25) is 0 Å². The Kier molecular flexibility index (Phi) is 3.21. The Bertz CT molecular complexity index is 235. The van der Waals surface area contributed by atoms with E-state index in [0.29, 0.717) is 0 Å². The normalized spacial score (nSPS) is 39.8. The number of nitrogens with zero attached hydrogens (tertiary/aromatic N) is 1. The van der Waals surface area contributed by atoms with Crippen LogP contribution in [0, 0.1) is 5.92 Å². The predicted octanol–water partition coefficient (Wildman–Crippen LogP) is 2.39. The van der Waals surface area contributed by atoms with Crippen molar-refractivity contribution in [2.45, 2.75) is 69.5 Å². The van der Waals surface area contributed by atoms with Gasteiger partial charge in [0.2, 0.25) is 0 Å². The molecule has 92 valence electrons. The summed E-state index contributed by atoms with van der Waals surface area (Å²) in [6.45, 7) is 1.35. The average Bonchev–Trinajstić information content (AvgIpc) is 2.92. The van der Waals surface area contributed by atoms with E-state index in [1.165, 1.54) is 57.9 Å².